The normalized spacial score (nSPS) is 20.4. The number of nitrogens with one attached hydrogen (secondary N) is 1. The average molecular weight is 248 g/mol. The molecule has 4 nitrogen and oxygen atoms in total. The Morgan fingerprint density at radius 3 is 2.72 bits per heavy atom. The number of hydrogen-bond donors (Lipinski definition) is 1. The fourth-order valence-corrected chi connectivity index (χ4v) is 2.43. The summed E-state index contributed by atoms with van der Waals surface area (Å²) in [6.07, 6.45) is 6.03. The molecule has 0 aliphatic carbocycles. The van der Waals surface area contributed by atoms with Gasteiger partial charge in [-0.05, 0) is 40.5 Å². The molecule has 1 aromatic heterocycles. The Morgan fingerprint density at radius 2 is 2.06 bits per heavy atom. The second kappa shape index (κ2) is 5.22. The van der Waals surface area contributed by atoms with Gasteiger partial charge in [0.1, 0.15) is 5.82 Å². The molecule has 1 fully saturated rings. The van der Waals surface area contributed by atoms with Crippen LogP contribution in [0.2, 0.25) is 0 Å². The Labute approximate surface area is 110 Å². The standard InChI is InChI=1S/C14H24N4/c1-11-13(16-8-7-15-11)18-9-5-6-12(18)10-17-14(2,3)4/h7-8,12,17H,5-6,9-10H2,1-4H3. The molecule has 4 heteroatoms. The zero-order chi connectivity index (χ0) is 13.2. The van der Waals surface area contributed by atoms with Crippen molar-refractivity contribution in [3.05, 3.63) is 18.1 Å². The van der Waals surface area contributed by atoms with Gasteiger partial charge in [0.15, 0.2) is 0 Å². The Kier molecular flexibility index (Phi) is 3.85. The third-order valence-corrected chi connectivity index (χ3v) is 3.37. The van der Waals surface area contributed by atoms with Crippen LogP contribution in [0.1, 0.15) is 39.3 Å². The highest BCUT2D eigenvalue weighted by molar-refractivity contribution is 5.44. The lowest BCUT2D eigenvalue weighted by atomic mass is 10.1. The fraction of sp³-hybridized carbons (Fsp3) is 0.714. The molecule has 1 aliphatic rings. The van der Waals surface area contributed by atoms with Gasteiger partial charge in [0, 0.05) is 37.1 Å². The second-order valence-corrected chi connectivity index (χ2v) is 6.09. The number of aromatic nitrogens is 2. The van der Waals surface area contributed by atoms with Crippen LogP contribution in [0.15, 0.2) is 12.4 Å². The van der Waals surface area contributed by atoms with Crippen molar-refractivity contribution in [1.29, 1.82) is 0 Å². The Hall–Kier alpha value is -1.16. The van der Waals surface area contributed by atoms with Crippen molar-refractivity contribution >= 4 is 5.82 Å². The van der Waals surface area contributed by atoms with E-state index in [1.807, 2.05) is 6.92 Å². The summed E-state index contributed by atoms with van der Waals surface area (Å²) in [4.78, 5) is 11.2. The van der Waals surface area contributed by atoms with E-state index in [1.54, 1.807) is 12.4 Å². The van der Waals surface area contributed by atoms with Crippen molar-refractivity contribution in [1.82, 2.24) is 15.3 Å². The minimum atomic E-state index is 0.172. The molecule has 0 saturated carbocycles. The summed E-state index contributed by atoms with van der Waals surface area (Å²) < 4.78 is 0. The van der Waals surface area contributed by atoms with Crippen LogP contribution in [0.25, 0.3) is 0 Å². The van der Waals surface area contributed by atoms with Gasteiger partial charge in [-0.2, -0.15) is 0 Å². The van der Waals surface area contributed by atoms with Crippen molar-refractivity contribution in [2.24, 2.45) is 0 Å². The molecule has 0 amide bonds. The van der Waals surface area contributed by atoms with Crippen LogP contribution in [0, 0.1) is 6.92 Å². The summed E-state index contributed by atoms with van der Waals surface area (Å²) in [6.45, 7) is 10.8. The van der Waals surface area contributed by atoms with E-state index < -0.39 is 0 Å². The minimum Gasteiger partial charge on any atom is -0.351 e. The van der Waals surface area contributed by atoms with Gasteiger partial charge in [-0.1, -0.05) is 0 Å². The van der Waals surface area contributed by atoms with Gasteiger partial charge >= 0.3 is 0 Å². The van der Waals surface area contributed by atoms with Crippen molar-refractivity contribution in [3.8, 4) is 0 Å². The maximum absolute atomic E-state index is 4.49. The first-order valence-electron chi connectivity index (χ1n) is 6.77. The summed E-state index contributed by atoms with van der Waals surface area (Å²) in [6, 6.07) is 0.541. The van der Waals surface area contributed by atoms with E-state index in [-0.39, 0.29) is 5.54 Å². The highest BCUT2D eigenvalue weighted by Gasteiger charge is 2.27. The molecule has 1 N–H and O–H groups in total. The molecule has 1 unspecified atom stereocenters. The van der Waals surface area contributed by atoms with Crippen LogP contribution in [-0.4, -0.2) is 34.6 Å². The SMILES string of the molecule is Cc1nccnc1N1CCCC1CNC(C)(C)C. The van der Waals surface area contributed by atoms with Crippen molar-refractivity contribution < 1.29 is 0 Å². The monoisotopic (exact) mass is 248 g/mol. The first-order chi connectivity index (χ1) is 8.47. The van der Waals surface area contributed by atoms with E-state index in [0.717, 1.165) is 24.6 Å². The van der Waals surface area contributed by atoms with Crippen molar-refractivity contribution in [2.45, 2.75) is 52.1 Å². The van der Waals surface area contributed by atoms with E-state index in [4.69, 9.17) is 0 Å². The molecule has 100 valence electrons. The van der Waals surface area contributed by atoms with E-state index in [1.165, 1.54) is 12.8 Å². The van der Waals surface area contributed by atoms with E-state index in [2.05, 4.69) is 41.0 Å². The first-order valence-corrected chi connectivity index (χ1v) is 6.77. The zero-order valence-electron chi connectivity index (χ0n) is 11.9. The van der Waals surface area contributed by atoms with Crippen LogP contribution in [0.5, 0.6) is 0 Å². The lowest BCUT2D eigenvalue weighted by molar-refractivity contribution is 0.404. The van der Waals surface area contributed by atoms with Crippen LogP contribution >= 0.6 is 0 Å². The lowest BCUT2D eigenvalue weighted by Gasteiger charge is -2.30. The molecule has 0 radical (unpaired) electrons. The van der Waals surface area contributed by atoms with Crippen LogP contribution in [0.4, 0.5) is 5.82 Å². The van der Waals surface area contributed by atoms with Crippen LogP contribution < -0.4 is 10.2 Å². The first kappa shape index (κ1) is 13.3. The Morgan fingerprint density at radius 1 is 1.33 bits per heavy atom. The fourth-order valence-electron chi connectivity index (χ4n) is 2.43. The van der Waals surface area contributed by atoms with Gasteiger partial charge < -0.3 is 10.2 Å². The van der Waals surface area contributed by atoms with Gasteiger partial charge in [-0.25, -0.2) is 4.98 Å². The van der Waals surface area contributed by atoms with Gasteiger partial charge in [0.25, 0.3) is 0 Å². The largest absolute Gasteiger partial charge is 0.351 e. The molecule has 1 aliphatic heterocycles. The van der Waals surface area contributed by atoms with Gasteiger partial charge in [-0.3, -0.25) is 4.98 Å². The van der Waals surface area contributed by atoms with E-state index >= 15 is 0 Å². The highest BCUT2D eigenvalue weighted by Crippen LogP contribution is 2.25. The topological polar surface area (TPSA) is 41.1 Å². The average Bonchev–Trinajstić information content (AvgIpc) is 2.74. The highest BCUT2D eigenvalue weighted by atomic mass is 15.3. The summed E-state index contributed by atoms with van der Waals surface area (Å²) in [5.74, 6) is 1.05. The molecule has 0 bridgehead atoms. The molecular formula is C14H24N4. The molecule has 2 heterocycles. The number of hydrogen-bond acceptors (Lipinski definition) is 4. The zero-order valence-corrected chi connectivity index (χ0v) is 11.9. The van der Waals surface area contributed by atoms with Crippen molar-refractivity contribution in [3.63, 3.8) is 0 Å². The summed E-state index contributed by atoms with van der Waals surface area (Å²) in [5, 5.41) is 3.59. The molecule has 0 aromatic carbocycles. The third-order valence-electron chi connectivity index (χ3n) is 3.37. The van der Waals surface area contributed by atoms with Crippen molar-refractivity contribution in [2.75, 3.05) is 18.0 Å². The number of aryl methyl sites for hydroxylation is 1. The molecule has 1 atom stereocenters. The molecule has 18 heavy (non-hydrogen) atoms. The maximum atomic E-state index is 4.49. The number of anilines is 1. The number of nitrogens with zero attached hydrogens (tertiary/aromatic N) is 3. The summed E-state index contributed by atoms with van der Waals surface area (Å²) >= 11 is 0. The summed E-state index contributed by atoms with van der Waals surface area (Å²) in [7, 11) is 0. The lowest BCUT2D eigenvalue weighted by Crippen LogP contribution is -2.45. The van der Waals surface area contributed by atoms with Crippen LogP contribution in [0.3, 0.4) is 0 Å². The molecule has 1 aromatic rings. The second-order valence-electron chi connectivity index (χ2n) is 6.09. The predicted octanol–water partition coefficient (Wildman–Crippen LogP) is 2.14. The molecule has 1 saturated heterocycles. The third kappa shape index (κ3) is 3.19. The maximum Gasteiger partial charge on any atom is 0.150 e. The predicted molar refractivity (Wildman–Crippen MR) is 74.9 cm³/mol. The quantitative estimate of drug-likeness (QED) is 0.890. The minimum absolute atomic E-state index is 0.172. The van der Waals surface area contributed by atoms with Gasteiger partial charge in [0.2, 0.25) is 0 Å². The molecule has 0 spiro atoms. The van der Waals surface area contributed by atoms with E-state index in [9.17, 15) is 0 Å². The van der Waals surface area contributed by atoms with E-state index in [0.29, 0.717) is 6.04 Å². The van der Waals surface area contributed by atoms with Gasteiger partial charge in [-0.15, -0.1) is 0 Å². The Balaban J connectivity index is 2.06. The smallest absolute Gasteiger partial charge is 0.150 e. The molecular weight excluding hydrogens is 224 g/mol. The van der Waals surface area contributed by atoms with Crippen LogP contribution in [-0.2, 0) is 0 Å². The van der Waals surface area contributed by atoms with Gasteiger partial charge in [0.05, 0.1) is 5.69 Å². The molecule has 2 rings (SSSR count). The summed E-state index contributed by atoms with van der Waals surface area (Å²) in [5.41, 5.74) is 1.20. The number of rotatable bonds is 3. The Bertz CT molecular complexity index is 397.